The minimum atomic E-state index is 0.558. The maximum absolute atomic E-state index is 3.51. The molecule has 0 bridgehead atoms. The summed E-state index contributed by atoms with van der Waals surface area (Å²) in [4.78, 5) is 2.53. The van der Waals surface area contributed by atoms with Crippen LogP contribution in [0.5, 0.6) is 0 Å². The highest BCUT2D eigenvalue weighted by molar-refractivity contribution is 4.89. The van der Waals surface area contributed by atoms with E-state index < -0.39 is 0 Å². The molecule has 1 saturated heterocycles. The van der Waals surface area contributed by atoms with Crippen LogP contribution in [0.2, 0.25) is 0 Å². The molecule has 2 nitrogen and oxygen atoms in total. The van der Waals surface area contributed by atoms with E-state index in [0.717, 1.165) is 5.92 Å². The van der Waals surface area contributed by atoms with Gasteiger partial charge in [0.2, 0.25) is 0 Å². The second-order valence-corrected chi connectivity index (χ2v) is 5.49. The molecule has 0 spiro atoms. The highest BCUT2D eigenvalue weighted by atomic mass is 15.1. The molecule has 2 heteroatoms. The van der Waals surface area contributed by atoms with Gasteiger partial charge in [0.15, 0.2) is 0 Å². The predicted molar refractivity (Wildman–Crippen MR) is 67.2 cm³/mol. The number of hydrogen-bond donors (Lipinski definition) is 1. The van der Waals surface area contributed by atoms with E-state index in [1.807, 2.05) is 0 Å². The monoisotopic (exact) mass is 212 g/mol. The Bertz CT molecular complexity index is 173. The summed E-state index contributed by atoms with van der Waals surface area (Å²) in [5.74, 6) is 0.832. The predicted octanol–water partition coefficient (Wildman–Crippen LogP) is 2.35. The summed E-state index contributed by atoms with van der Waals surface area (Å²) in [6, 6.07) is 0. The first-order valence-corrected chi connectivity index (χ1v) is 6.51. The van der Waals surface area contributed by atoms with Crippen LogP contribution in [-0.4, -0.2) is 38.1 Å². The molecular weight excluding hydrogens is 184 g/mol. The van der Waals surface area contributed by atoms with Crippen molar-refractivity contribution >= 4 is 0 Å². The van der Waals surface area contributed by atoms with Gasteiger partial charge in [0.25, 0.3) is 0 Å². The van der Waals surface area contributed by atoms with Crippen LogP contribution < -0.4 is 5.32 Å². The second-order valence-electron chi connectivity index (χ2n) is 5.49. The normalized spacial score (nSPS) is 28.6. The quantitative estimate of drug-likeness (QED) is 0.727. The molecule has 2 unspecified atom stereocenters. The zero-order valence-corrected chi connectivity index (χ0v) is 11.0. The van der Waals surface area contributed by atoms with Gasteiger partial charge in [-0.15, -0.1) is 0 Å². The molecule has 0 saturated carbocycles. The zero-order valence-electron chi connectivity index (χ0n) is 11.0. The molecule has 0 aliphatic carbocycles. The van der Waals surface area contributed by atoms with Gasteiger partial charge in [-0.2, -0.15) is 0 Å². The first-order chi connectivity index (χ1) is 7.12. The molecule has 0 aromatic heterocycles. The number of hydrogen-bond acceptors (Lipinski definition) is 2. The lowest BCUT2D eigenvalue weighted by molar-refractivity contribution is 0.168. The van der Waals surface area contributed by atoms with E-state index >= 15 is 0 Å². The highest BCUT2D eigenvalue weighted by Gasteiger charge is 2.32. The molecule has 1 rings (SSSR count). The molecule has 1 aliphatic rings. The van der Waals surface area contributed by atoms with Crippen LogP contribution in [0.25, 0.3) is 0 Å². The van der Waals surface area contributed by atoms with Gasteiger partial charge in [-0.1, -0.05) is 27.2 Å². The fourth-order valence-electron chi connectivity index (χ4n) is 2.64. The lowest BCUT2D eigenvalue weighted by atomic mass is 9.83. The third-order valence-corrected chi connectivity index (χ3v) is 4.01. The standard InChI is InChI=1S/C13H28N2/c1-5-12(3)9-15(4)11-13(6-2)7-8-14-10-13/h12,14H,5-11H2,1-4H3. The average Bonchev–Trinajstić information content (AvgIpc) is 2.66. The highest BCUT2D eigenvalue weighted by Crippen LogP contribution is 2.30. The minimum absolute atomic E-state index is 0.558. The second kappa shape index (κ2) is 5.86. The van der Waals surface area contributed by atoms with E-state index in [2.05, 4.69) is 38.0 Å². The first-order valence-electron chi connectivity index (χ1n) is 6.51. The maximum atomic E-state index is 3.51. The number of nitrogens with zero attached hydrogens (tertiary/aromatic N) is 1. The third-order valence-electron chi connectivity index (χ3n) is 4.01. The van der Waals surface area contributed by atoms with Crippen molar-refractivity contribution in [1.29, 1.82) is 0 Å². The molecule has 1 aliphatic heterocycles. The van der Waals surface area contributed by atoms with Crippen molar-refractivity contribution in [1.82, 2.24) is 10.2 Å². The fourth-order valence-corrected chi connectivity index (χ4v) is 2.64. The molecule has 90 valence electrons. The van der Waals surface area contributed by atoms with Gasteiger partial charge in [0.1, 0.15) is 0 Å². The minimum Gasteiger partial charge on any atom is -0.316 e. The summed E-state index contributed by atoms with van der Waals surface area (Å²) in [6.45, 7) is 11.9. The fraction of sp³-hybridized carbons (Fsp3) is 1.00. The molecule has 1 heterocycles. The Labute approximate surface area is 95.4 Å². The summed E-state index contributed by atoms with van der Waals surface area (Å²) < 4.78 is 0. The van der Waals surface area contributed by atoms with Crippen molar-refractivity contribution in [2.75, 3.05) is 33.2 Å². The van der Waals surface area contributed by atoms with E-state index in [4.69, 9.17) is 0 Å². The summed E-state index contributed by atoms with van der Waals surface area (Å²) in [7, 11) is 2.28. The Balaban J connectivity index is 2.37. The SMILES string of the molecule is CCC(C)CN(C)CC1(CC)CCNC1. The maximum Gasteiger partial charge on any atom is 0.00476 e. The molecular formula is C13H28N2. The van der Waals surface area contributed by atoms with Crippen LogP contribution in [0.1, 0.15) is 40.0 Å². The zero-order chi connectivity index (χ0) is 11.3. The summed E-state index contributed by atoms with van der Waals surface area (Å²) in [6.07, 6.45) is 3.96. The van der Waals surface area contributed by atoms with Crippen LogP contribution >= 0.6 is 0 Å². The number of nitrogens with one attached hydrogen (secondary N) is 1. The molecule has 2 atom stereocenters. The largest absolute Gasteiger partial charge is 0.316 e. The van der Waals surface area contributed by atoms with Crippen molar-refractivity contribution in [2.45, 2.75) is 40.0 Å². The molecule has 0 amide bonds. The molecule has 0 radical (unpaired) electrons. The van der Waals surface area contributed by atoms with Crippen molar-refractivity contribution < 1.29 is 0 Å². The molecule has 0 aromatic carbocycles. The molecule has 1 fully saturated rings. The van der Waals surface area contributed by atoms with Crippen molar-refractivity contribution in [3.8, 4) is 0 Å². The van der Waals surface area contributed by atoms with Crippen LogP contribution in [0.4, 0.5) is 0 Å². The Morgan fingerprint density at radius 3 is 2.60 bits per heavy atom. The van der Waals surface area contributed by atoms with Gasteiger partial charge in [0, 0.05) is 19.6 Å². The van der Waals surface area contributed by atoms with E-state index in [1.54, 1.807) is 0 Å². The van der Waals surface area contributed by atoms with E-state index in [1.165, 1.54) is 45.4 Å². The van der Waals surface area contributed by atoms with Crippen molar-refractivity contribution in [3.05, 3.63) is 0 Å². The van der Waals surface area contributed by atoms with Crippen LogP contribution in [0, 0.1) is 11.3 Å². The van der Waals surface area contributed by atoms with E-state index in [9.17, 15) is 0 Å². The van der Waals surface area contributed by atoms with Crippen molar-refractivity contribution in [3.63, 3.8) is 0 Å². The lowest BCUT2D eigenvalue weighted by Crippen LogP contribution is -2.38. The van der Waals surface area contributed by atoms with Gasteiger partial charge in [-0.05, 0) is 37.8 Å². The summed E-state index contributed by atoms with van der Waals surface area (Å²) in [5, 5.41) is 3.51. The van der Waals surface area contributed by atoms with Gasteiger partial charge < -0.3 is 10.2 Å². The van der Waals surface area contributed by atoms with E-state index in [0.29, 0.717) is 5.41 Å². The smallest absolute Gasteiger partial charge is 0.00476 e. The summed E-state index contributed by atoms with van der Waals surface area (Å²) in [5.41, 5.74) is 0.558. The van der Waals surface area contributed by atoms with E-state index in [-0.39, 0.29) is 0 Å². The van der Waals surface area contributed by atoms with Crippen LogP contribution in [-0.2, 0) is 0 Å². The molecule has 1 N–H and O–H groups in total. The van der Waals surface area contributed by atoms with Gasteiger partial charge >= 0.3 is 0 Å². The van der Waals surface area contributed by atoms with Gasteiger partial charge in [0.05, 0.1) is 0 Å². The van der Waals surface area contributed by atoms with Crippen LogP contribution in [0.15, 0.2) is 0 Å². The Kier molecular flexibility index (Phi) is 5.07. The third kappa shape index (κ3) is 3.76. The van der Waals surface area contributed by atoms with Gasteiger partial charge in [-0.3, -0.25) is 0 Å². The first kappa shape index (κ1) is 13.0. The topological polar surface area (TPSA) is 15.3 Å². The molecule has 15 heavy (non-hydrogen) atoms. The van der Waals surface area contributed by atoms with Crippen LogP contribution in [0.3, 0.4) is 0 Å². The van der Waals surface area contributed by atoms with Crippen molar-refractivity contribution in [2.24, 2.45) is 11.3 Å². The Morgan fingerprint density at radius 1 is 1.40 bits per heavy atom. The lowest BCUT2D eigenvalue weighted by Gasteiger charge is -2.33. The molecule has 0 aromatic rings. The van der Waals surface area contributed by atoms with Gasteiger partial charge in [-0.25, -0.2) is 0 Å². The Morgan fingerprint density at radius 2 is 2.13 bits per heavy atom. The average molecular weight is 212 g/mol. The number of rotatable bonds is 6. The Hall–Kier alpha value is -0.0800. The summed E-state index contributed by atoms with van der Waals surface area (Å²) >= 11 is 0.